The third-order valence-corrected chi connectivity index (χ3v) is 4.70. The standard InChI is InChI=1S/C15H21ClN2/c16-13-6-4-11(5-7-13)12-8-14(17)10-18(9-12)15-2-1-3-15/h4-7,12,14-15H,1-3,8-10,17H2. The van der Waals surface area contributed by atoms with Crippen molar-refractivity contribution in [2.45, 2.75) is 43.7 Å². The maximum atomic E-state index is 6.23. The van der Waals surface area contributed by atoms with E-state index >= 15 is 0 Å². The second kappa shape index (κ2) is 5.20. The zero-order valence-corrected chi connectivity index (χ0v) is 11.4. The van der Waals surface area contributed by atoms with Crippen molar-refractivity contribution < 1.29 is 0 Å². The second-order valence-electron chi connectivity index (χ2n) is 5.78. The summed E-state index contributed by atoms with van der Waals surface area (Å²) < 4.78 is 0. The topological polar surface area (TPSA) is 29.3 Å². The van der Waals surface area contributed by atoms with Crippen LogP contribution in [0, 0.1) is 0 Å². The molecule has 1 aromatic rings. The second-order valence-corrected chi connectivity index (χ2v) is 6.22. The van der Waals surface area contributed by atoms with Crippen LogP contribution in [0.3, 0.4) is 0 Å². The lowest BCUT2D eigenvalue weighted by atomic mass is 9.84. The number of nitrogens with zero attached hydrogens (tertiary/aromatic N) is 1. The number of rotatable bonds is 2. The average Bonchev–Trinajstić information content (AvgIpc) is 2.26. The maximum absolute atomic E-state index is 6.23. The van der Waals surface area contributed by atoms with Gasteiger partial charge in [0.05, 0.1) is 0 Å². The first kappa shape index (κ1) is 12.5. The Labute approximate surface area is 114 Å². The number of piperidine rings is 1. The van der Waals surface area contributed by atoms with Gasteiger partial charge in [0.2, 0.25) is 0 Å². The summed E-state index contributed by atoms with van der Waals surface area (Å²) in [6.45, 7) is 2.24. The highest BCUT2D eigenvalue weighted by Gasteiger charge is 2.32. The highest BCUT2D eigenvalue weighted by Crippen LogP contribution is 2.33. The number of hydrogen-bond donors (Lipinski definition) is 1. The average molecular weight is 265 g/mol. The summed E-state index contributed by atoms with van der Waals surface area (Å²) in [5.74, 6) is 0.576. The molecule has 1 aliphatic heterocycles. The minimum atomic E-state index is 0.319. The van der Waals surface area contributed by atoms with E-state index in [4.69, 9.17) is 17.3 Å². The SMILES string of the molecule is NC1CC(c2ccc(Cl)cc2)CN(C2CCC2)C1. The molecule has 0 aromatic heterocycles. The molecule has 0 amide bonds. The van der Waals surface area contributed by atoms with Crippen molar-refractivity contribution in [3.05, 3.63) is 34.9 Å². The van der Waals surface area contributed by atoms with E-state index in [0.717, 1.165) is 24.0 Å². The Kier molecular flexibility index (Phi) is 3.60. The first-order valence-corrected chi connectivity index (χ1v) is 7.35. The number of benzene rings is 1. The van der Waals surface area contributed by atoms with E-state index in [1.165, 1.54) is 31.4 Å². The molecular formula is C15H21ClN2. The van der Waals surface area contributed by atoms with Crippen LogP contribution < -0.4 is 5.73 Å². The highest BCUT2D eigenvalue weighted by atomic mass is 35.5. The monoisotopic (exact) mass is 264 g/mol. The van der Waals surface area contributed by atoms with Crippen LogP contribution in [0.15, 0.2) is 24.3 Å². The molecule has 3 heteroatoms. The van der Waals surface area contributed by atoms with Crippen molar-refractivity contribution in [1.29, 1.82) is 0 Å². The van der Waals surface area contributed by atoms with Crippen LogP contribution >= 0.6 is 11.6 Å². The fourth-order valence-electron chi connectivity index (χ4n) is 3.20. The molecule has 0 spiro atoms. The van der Waals surface area contributed by atoms with Crippen molar-refractivity contribution in [1.82, 2.24) is 4.90 Å². The minimum Gasteiger partial charge on any atom is -0.327 e. The van der Waals surface area contributed by atoms with E-state index in [2.05, 4.69) is 17.0 Å². The van der Waals surface area contributed by atoms with Crippen LogP contribution in [0.4, 0.5) is 0 Å². The maximum Gasteiger partial charge on any atom is 0.0406 e. The number of halogens is 1. The summed E-state index contributed by atoms with van der Waals surface area (Å²) in [7, 11) is 0. The van der Waals surface area contributed by atoms with Gasteiger partial charge in [0.25, 0.3) is 0 Å². The molecule has 1 aliphatic carbocycles. The van der Waals surface area contributed by atoms with Crippen molar-refractivity contribution in [2.24, 2.45) is 5.73 Å². The van der Waals surface area contributed by atoms with Gasteiger partial charge < -0.3 is 5.73 Å². The summed E-state index contributed by atoms with van der Waals surface area (Å²) in [5.41, 5.74) is 7.62. The molecule has 0 radical (unpaired) electrons. The zero-order chi connectivity index (χ0) is 12.5. The molecule has 0 bridgehead atoms. The van der Waals surface area contributed by atoms with E-state index in [0.29, 0.717) is 12.0 Å². The molecule has 1 saturated carbocycles. The van der Waals surface area contributed by atoms with Gasteiger partial charge in [-0.3, -0.25) is 4.90 Å². The summed E-state index contributed by atoms with van der Waals surface area (Å²) >= 11 is 5.95. The molecule has 2 unspecified atom stereocenters. The Morgan fingerprint density at radius 1 is 1.11 bits per heavy atom. The lowest BCUT2D eigenvalue weighted by Gasteiger charge is -2.44. The largest absolute Gasteiger partial charge is 0.327 e. The van der Waals surface area contributed by atoms with Crippen LogP contribution in [-0.4, -0.2) is 30.1 Å². The first-order chi connectivity index (χ1) is 8.72. The van der Waals surface area contributed by atoms with Crippen molar-refractivity contribution in [2.75, 3.05) is 13.1 Å². The molecule has 98 valence electrons. The number of nitrogens with two attached hydrogens (primary N) is 1. The quantitative estimate of drug-likeness (QED) is 0.890. The van der Waals surface area contributed by atoms with E-state index in [1.54, 1.807) is 0 Å². The van der Waals surface area contributed by atoms with Crippen LogP contribution in [-0.2, 0) is 0 Å². The summed E-state index contributed by atoms with van der Waals surface area (Å²) in [6.07, 6.45) is 5.22. The lowest BCUT2D eigenvalue weighted by Crippen LogP contribution is -2.52. The molecule has 1 heterocycles. The smallest absolute Gasteiger partial charge is 0.0406 e. The van der Waals surface area contributed by atoms with Crippen molar-refractivity contribution in [3.8, 4) is 0 Å². The van der Waals surface area contributed by atoms with Gasteiger partial charge in [0.1, 0.15) is 0 Å². The molecule has 2 fully saturated rings. The minimum absolute atomic E-state index is 0.319. The predicted molar refractivity (Wildman–Crippen MR) is 76.0 cm³/mol. The molecule has 1 saturated heterocycles. The van der Waals surface area contributed by atoms with Crippen molar-refractivity contribution in [3.63, 3.8) is 0 Å². The Hall–Kier alpha value is -0.570. The van der Waals surface area contributed by atoms with Gasteiger partial charge in [-0.05, 0) is 42.9 Å². The molecule has 2 aliphatic rings. The molecule has 1 aromatic carbocycles. The first-order valence-electron chi connectivity index (χ1n) is 6.97. The number of hydrogen-bond acceptors (Lipinski definition) is 2. The van der Waals surface area contributed by atoms with Gasteiger partial charge in [-0.2, -0.15) is 0 Å². The van der Waals surface area contributed by atoms with Gasteiger partial charge in [-0.1, -0.05) is 30.2 Å². The number of likely N-dealkylation sites (tertiary alicyclic amines) is 1. The molecule has 2 atom stereocenters. The molecule has 2 N–H and O–H groups in total. The molecule has 2 nitrogen and oxygen atoms in total. The van der Waals surface area contributed by atoms with Crippen LogP contribution in [0.25, 0.3) is 0 Å². The Morgan fingerprint density at radius 3 is 2.44 bits per heavy atom. The molecule has 3 rings (SSSR count). The van der Waals surface area contributed by atoms with Gasteiger partial charge in [0.15, 0.2) is 0 Å². The van der Waals surface area contributed by atoms with Gasteiger partial charge in [-0.15, -0.1) is 0 Å². The van der Waals surface area contributed by atoms with Crippen molar-refractivity contribution >= 4 is 11.6 Å². The van der Waals surface area contributed by atoms with Crippen LogP contribution in [0.2, 0.25) is 5.02 Å². The Balaban J connectivity index is 1.72. The predicted octanol–water partition coefficient (Wildman–Crippen LogP) is 3.01. The Bertz CT molecular complexity index is 399. The van der Waals surface area contributed by atoms with Gasteiger partial charge >= 0.3 is 0 Å². The van der Waals surface area contributed by atoms with E-state index in [1.807, 2.05) is 12.1 Å². The third-order valence-electron chi connectivity index (χ3n) is 4.44. The lowest BCUT2D eigenvalue weighted by molar-refractivity contribution is 0.0848. The fraction of sp³-hybridized carbons (Fsp3) is 0.600. The zero-order valence-electron chi connectivity index (χ0n) is 10.7. The highest BCUT2D eigenvalue weighted by molar-refractivity contribution is 6.30. The normalized spacial score (nSPS) is 30.1. The van der Waals surface area contributed by atoms with E-state index in [-0.39, 0.29) is 0 Å². The van der Waals surface area contributed by atoms with Crippen LogP contribution in [0.5, 0.6) is 0 Å². The summed E-state index contributed by atoms with van der Waals surface area (Å²) in [5, 5.41) is 0.815. The van der Waals surface area contributed by atoms with E-state index < -0.39 is 0 Å². The molecule has 18 heavy (non-hydrogen) atoms. The Morgan fingerprint density at radius 2 is 1.83 bits per heavy atom. The van der Waals surface area contributed by atoms with E-state index in [9.17, 15) is 0 Å². The van der Waals surface area contributed by atoms with Crippen LogP contribution in [0.1, 0.15) is 37.2 Å². The fourth-order valence-corrected chi connectivity index (χ4v) is 3.33. The van der Waals surface area contributed by atoms with Gasteiger partial charge in [-0.25, -0.2) is 0 Å². The van der Waals surface area contributed by atoms with Gasteiger partial charge in [0, 0.05) is 30.2 Å². The molecular weight excluding hydrogens is 244 g/mol. The summed E-state index contributed by atoms with van der Waals surface area (Å²) in [4.78, 5) is 2.61. The third kappa shape index (κ3) is 2.56. The summed E-state index contributed by atoms with van der Waals surface area (Å²) in [6, 6.07) is 9.41.